The number of nitrogens with zero attached hydrogens (tertiary/aromatic N) is 3. The molecule has 20 heavy (non-hydrogen) atoms. The molecule has 1 unspecified atom stereocenters. The maximum atomic E-state index is 4.58. The molecule has 2 heterocycles. The zero-order valence-electron chi connectivity index (χ0n) is 13.2. The van der Waals surface area contributed by atoms with Gasteiger partial charge in [0.25, 0.3) is 0 Å². The van der Waals surface area contributed by atoms with Gasteiger partial charge in [0.05, 0.1) is 0 Å². The fourth-order valence-corrected chi connectivity index (χ4v) is 2.87. The lowest BCUT2D eigenvalue weighted by Crippen LogP contribution is -2.27. The minimum absolute atomic E-state index is 0.838. The highest BCUT2D eigenvalue weighted by Crippen LogP contribution is 2.27. The summed E-state index contributed by atoms with van der Waals surface area (Å²) in [5, 5.41) is 3.44. The van der Waals surface area contributed by atoms with E-state index in [2.05, 4.69) is 41.0 Å². The predicted molar refractivity (Wildman–Crippen MR) is 85.4 cm³/mol. The van der Waals surface area contributed by atoms with Crippen molar-refractivity contribution in [3.8, 4) is 0 Å². The van der Waals surface area contributed by atoms with Gasteiger partial charge in [0.2, 0.25) is 0 Å². The molecule has 1 N–H and O–H groups in total. The van der Waals surface area contributed by atoms with E-state index in [4.69, 9.17) is 0 Å². The van der Waals surface area contributed by atoms with Gasteiger partial charge in [0, 0.05) is 25.2 Å². The number of hydrogen-bond acceptors (Lipinski definition) is 4. The van der Waals surface area contributed by atoms with Gasteiger partial charge >= 0.3 is 0 Å². The Balaban J connectivity index is 2.21. The van der Waals surface area contributed by atoms with Crippen molar-refractivity contribution in [2.75, 3.05) is 29.9 Å². The molecule has 1 aromatic heterocycles. The van der Waals surface area contributed by atoms with Crippen molar-refractivity contribution in [2.24, 2.45) is 5.92 Å². The van der Waals surface area contributed by atoms with Crippen LogP contribution in [-0.4, -0.2) is 29.6 Å². The van der Waals surface area contributed by atoms with Crippen LogP contribution in [0.25, 0.3) is 0 Å². The summed E-state index contributed by atoms with van der Waals surface area (Å²) in [5.41, 5.74) is 1.27. The lowest BCUT2D eigenvalue weighted by atomic mass is 10.0. The molecule has 0 aromatic carbocycles. The summed E-state index contributed by atoms with van der Waals surface area (Å²) in [6.45, 7) is 9.95. The minimum atomic E-state index is 0.838. The van der Waals surface area contributed by atoms with E-state index < -0.39 is 0 Å². The molecular formula is C16H28N4. The lowest BCUT2D eigenvalue weighted by Gasteiger charge is -2.25. The summed E-state index contributed by atoms with van der Waals surface area (Å²) < 4.78 is 0. The van der Waals surface area contributed by atoms with Crippen LogP contribution in [0.15, 0.2) is 6.33 Å². The molecule has 0 saturated carbocycles. The molecule has 1 atom stereocenters. The quantitative estimate of drug-likeness (QED) is 0.894. The highest BCUT2D eigenvalue weighted by atomic mass is 15.2. The molecule has 0 amide bonds. The van der Waals surface area contributed by atoms with Gasteiger partial charge < -0.3 is 10.2 Å². The van der Waals surface area contributed by atoms with Crippen LogP contribution in [0.4, 0.5) is 11.6 Å². The van der Waals surface area contributed by atoms with Gasteiger partial charge in [0.1, 0.15) is 18.0 Å². The molecule has 4 heteroatoms. The fraction of sp³-hybridized carbons (Fsp3) is 0.750. The molecule has 2 rings (SSSR count). The van der Waals surface area contributed by atoms with Crippen LogP contribution >= 0.6 is 0 Å². The molecule has 112 valence electrons. The summed E-state index contributed by atoms with van der Waals surface area (Å²) in [7, 11) is 0. The molecule has 0 aliphatic carbocycles. The molecule has 0 radical (unpaired) electrons. The Morgan fingerprint density at radius 3 is 2.85 bits per heavy atom. The zero-order valence-corrected chi connectivity index (χ0v) is 13.2. The van der Waals surface area contributed by atoms with Gasteiger partial charge in [-0.3, -0.25) is 0 Å². The highest BCUT2D eigenvalue weighted by molar-refractivity contribution is 5.58. The van der Waals surface area contributed by atoms with E-state index in [0.29, 0.717) is 0 Å². The van der Waals surface area contributed by atoms with E-state index in [1.54, 1.807) is 6.33 Å². The normalized spacial score (nSPS) is 19.8. The van der Waals surface area contributed by atoms with E-state index in [-0.39, 0.29) is 0 Å². The largest absolute Gasteiger partial charge is 0.370 e. The second-order valence-electron chi connectivity index (χ2n) is 5.83. The van der Waals surface area contributed by atoms with Crippen molar-refractivity contribution in [2.45, 2.75) is 52.9 Å². The Labute approximate surface area is 123 Å². The second-order valence-corrected chi connectivity index (χ2v) is 5.83. The van der Waals surface area contributed by atoms with Gasteiger partial charge in [0.15, 0.2) is 0 Å². The Morgan fingerprint density at radius 1 is 1.25 bits per heavy atom. The van der Waals surface area contributed by atoms with Gasteiger partial charge in [-0.1, -0.05) is 20.8 Å². The molecule has 4 nitrogen and oxygen atoms in total. The Hall–Kier alpha value is -1.32. The fourth-order valence-electron chi connectivity index (χ4n) is 2.87. The summed E-state index contributed by atoms with van der Waals surface area (Å²) in [5.74, 6) is 3.01. The van der Waals surface area contributed by atoms with Crippen LogP contribution in [0.1, 0.15) is 52.0 Å². The summed E-state index contributed by atoms with van der Waals surface area (Å²) in [6.07, 6.45) is 7.68. The molecule has 1 fully saturated rings. The molecule has 1 aromatic rings. The number of hydrogen-bond donors (Lipinski definition) is 1. The van der Waals surface area contributed by atoms with Gasteiger partial charge in [-0.25, -0.2) is 9.97 Å². The van der Waals surface area contributed by atoms with Crippen LogP contribution < -0.4 is 10.2 Å². The first-order valence-corrected chi connectivity index (χ1v) is 8.08. The number of anilines is 2. The average molecular weight is 276 g/mol. The summed E-state index contributed by atoms with van der Waals surface area (Å²) in [6, 6.07) is 0. The highest BCUT2D eigenvalue weighted by Gasteiger charge is 2.19. The third kappa shape index (κ3) is 3.62. The average Bonchev–Trinajstić information content (AvgIpc) is 2.69. The maximum Gasteiger partial charge on any atom is 0.137 e. The Kier molecular flexibility index (Phi) is 5.62. The maximum absolute atomic E-state index is 4.58. The summed E-state index contributed by atoms with van der Waals surface area (Å²) >= 11 is 0. The summed E-state index contributed by atoms with van der Waals surface area (Å²) in [4.78, 5) is 11.5. The van der Waals surface area contributed by atoms with E-state index >= 15 is 0 Å². The molecule has 1 saturated heterocycles. The van der Waals surface area contributed by atoms with Crippen molar-refractivity contribution in [3.63, 3.8) is 0 Å². The van der Waals surface area contributed by atoms with Crippen molar-refractivity contribution in [1.29, 1.82) is 0 Å². The van der Waals surface area contributed by atoms with E-state index in [0.717, 1.165) is 50.0 Å². The second kappa shape index (κ2) is 7.46. The Morgan fingerprint density at radius 2 is 2.10 bits per heavy atom. The van der Waals surface area contributed by atoms with Gasteiger partial charge in [-0.05, 0) is 38.0 Å². The number of rotatable bonds is 5. The van der Waals surface area contributed by atoms with Crippen molar-refractivity contribution >= 4 is 11.6 Å². The minimum Gasteiger partial charge on any atom is -0.370 e. The van der Waals surface area contributed by atoms with Crippen LogP contribution in [0, 0.1) is 5.92 Å². The SMILES string of the molecule is CCCNc1ncnc(N2CCCC(C)CC2)c1CC. The zero-order chi connectivity index (χ0) is 14.4. The number of aromatic nitrogens is 2. The monoisotopic (exact) mass is 276 g/mol. The first-order valence-electron chi connectivity index (χ1n) is 8.08. The third-order valence-corrected chi connectivity index (χ3v) is 4.13. The smallest absolute Gasteiger partial charge is 0.137 e. The third-order valence-electron chi connectivity index (χ3n) is 4.13. The molecular weight excluding hydrogens is 248 g/mol. The van der Waals surface area contributed by atoms with E-state index in [1.807, 2.05) is 0 Å². The first kappa shape index (κ1) is 15.1. The standard InChI is InChI=1S/C16H28N4/c1-4-9-17-15-14(5-2)16(19-12-18-15)20-10-6-7-13(3)8-11-20/h12-13H,4-11H2,1-3H3,(H,17,18,19). The topological polar surface area (TPSA) is 41.1 Å². The van der Waals surface area contributed by atoms with E-state index in [1.165, 1.54) is 24.8 Å². The molecule has 0 spiro atoms. The van der Waals surface area contributed by atoms with Crippen LogP contribution in [0.3, 0.4) is 0 Å². The first-order chi connectivity index (χ1) is 9.76. The number of nitrogens with one attached hydrogen (secondary N) is 1. The van der Waals surface area contributed by atoms with Crippen molar-refractivity contribution in [3.05, 3.63) is 11.9 Å². The van der Waals surface area contributed by atoms with E-state index in [9.17, 15) is 0 Å². The van der Waals surface area contributed by atoms with Crippen LogP contribution in [0.5, 0.6) is 0 Å². The Bertz CT molecular complexity index is 419. The van der Waals surface area contributed by atoms with Crippen molar-refractivity contribution in [1.82, 2.24) is 9.97 Å². The predicted octanol–water partition coefficient (Wildman–Crippen LogP) is 3.49. The molecule has 0 bridgehead atoms. The van der Waals surface area contributed by atoms with Gasteiger partial charge in [-0.2, -0.15) is 0 Å². The van der Waals surface area contributed by atoms with Crippen molar-refractivity contribution < 1.29 is 0 Å². The van der Waals surface area contributed by atoms with Crippen LogP contribution in [-0.2, 0) is 6.42 Å². The van der Waals surface area contributed by atoms with Crippen LogP contribution in [0.2, 0.25) is 0 Å². The molecule has 1 aliphatic rings. The van der Waals surface area contributed by atoms with Gasteiger partial charge in [-0.15, -0.1) is 0 Å². The molecule has 1 aliphatic heterocycles. The lowest BCUT2D eigenvalue weighted by molar-refractivity contribution is 0.521.